The number of carboxylic acids is 1. The molecule has 0 unspecified atom stereocenters. The van der Waals surface area contributed by atoms with Crippen molar-refractivity contribution in [3.8, 4) is 0 Å². The van der Waals surface area contributed by atoms with Crippen molar-refractivity contribution in [3.63, 3.8) is 0 Å². The first-order chi connectivity index (χ1) is 10.1. The number of benzene rings is 1. The van der Waals surface area contributed by atoms with Crippen molar-refractivity contribution in [1.82, 2.24) is 19.3 Å². The summed E-state index contributed by atoms with van der Waals surface area (Å²) in [6.45, 7) is 2.57. The number of nitrogens with zero attached hydrogens (tertiary/aromatic N) is 4. The van der Waals surface area contributed by atoms with Crippen molar-refractivity contribution in [3.05, 3.63) is 47.5 Å². The van der Waals surface area contributed by atoms with Gasteiger partial charge in [-0.15, -0.1) is 0 Å². The van der Waals surface area contributed by atoms with Gasteiger partial charge >= 0.3 is 5.97 Å². The maximum absolute atomic E-state index is 11.4. The van der Waals surface area contributed by atoms with Gasteiger partial charge in [-0.05, 0) is 25.1 Å². The van der Waals surface area contributed by atoms with E-state index in [-0.39, 0.29) is 5.56 Å². The molecule has 3 rings (SSSR count). The molecule has 0 fully saturated rings. The fourth-order valence-corrected chi connectivity index (χ4v) is 2.62. The van der Waals surface area contributed by atoms with E-state index in [1.807, 2.05) is 35.4 Å². The molecule has 0 saturated carbocycles. The summed E-state index contributed by atoms with van der Waals surface area (Å²) >= 11 is 0. The number of imidazole rings is 1. The molecule has 0 saturated heterocycles. The first kappa shape index (κ1) is 13.4. The summed E-state index contributed by atoms with van der Waals surface area (Å²) in [7, 11) is 1.90. The molecule has 6 heteroatoms. The lowest BCUT2D eigenvalue weighted by Gasteiger charge is -2.09. The lowest BCUT2D eigenvalue weighted by atomic mass is 10.2. The van der Waals surface area contributed by atoms with E-state index in [0.717, 1.165) is 23.5 Å². The Morgan fingerprint density at radius 1 is 1.33 bits per heavy atom. The van der Waals surface area contributed by atoms with Gasteiger partial charge in [0.25, 0.3) is 0 Å². The monoisotopic (exact) mass is 284 g/mol. The lowest BCUT2D eigenvalue weighted by molar-refractivity contribution is 0.0698. The molecule has 0 aliphatic heterocycles. The van der Waals surface area contributed by atoms with E-state index in [2.05, 4.69) is 10.1 Å². The van der Waals surface area contributed by atoms with Gasteiger partial charge in [0.15, 0.2) is 0 Å². The van der Waals surface area contributed by atoms with E-state index in [0.29, 0.717) is 12.1 Å². The molecule has 2 aromatic heterocycles. The van der Waals surface area contributed by atoms with Crippen molar-refractivity contribution in [2.75, 3.05) is 0 Å². The second kappa shape index (κ2) is 5.05. The summed E-state index contributed by atoms with van der Waals surface area (Å²) in [6, 6.07) is 7.15. The molecule has 0 bridgehead atoms. The highest BCUT2D eigenvalue weighted by Crippen LogP contribution is 2.21. The van der Waals surface area contributed by atoms with Gasteiger partial charge in [-0.2, -0.15) is 5.10 Å². The molecule has 0 radical (unpaired) electrons. The zero-order chi connectivity index (χ0) is 15.0. The molecule has 108 valence electrons. The highest BCUT2D eigenvalue weighted by atomic mass is 16.4. The Balaban J connectivity index is 2.03. The van der Waals surface area contributed by atoms with Crippen LogP contribution in [0.3, 0.4) is 0 Å². The van der Waals surface area contributed by atoms with Crippen molar-refractivity contribution in [2.45, 2.75) is 19.9 Å². The second-order valence-corrected chi connectivity index (χ2v) is 4.99. The second-order valence-electron chi connectivity index (χ2n) is 4.99. The fourth-order valence-electron chi connectivity index (χ4n) is 2.62. The highest BCUT2D eigenvalue weighted by Gasteiger charge is 2.15. The van der Waals surface area contributed by atoms with Gasteiger partial charge in [0, 0.05) is 31.9 Å². The standard InChI is InChI=1S/C15H16N4O2/c1-10-17-13-5-3-4-12(15(20)21)14(13)19(10)9-7-11-6-8-16-18(11)2/h3-6,8H,7,9H2,1-2H3,(H,20,21). The van der Waals surface area contributed by atoms with Gasteiger partial charge in [0.2, 0.25) is 0 Å². The molecule has 2 heterocycles. The van der Waals surface area contributed by atoms with Gasteiger partial charge in [-0.1, -0.05) is 6.07 Å². The summed E-state index contributed by atoms with van der Waals surface area (Å²) in [4.78, 5) is 15.9. The van der Waals surface area contributed by atoms with E-state index in [9.17, 15) is 9.90 Å². The Labute approximate surface area is 121 Å². The summed E-state index contributed by atoms with van der Waals surface area (Å²) < 4.78 is 3.79. The van der Waals surface area contributed by atoms with Crippen LogP contribution in [0.25, 0.3) is 11.0 Å². The number of hydrogen-bond donors (Lipinski definition) is 1. The van der Waals surface area contributed by atoms with E-state index in [1.165, 1.54) is 0 Å². The number of para-hydroxylation sites is 1. The SMILES string of the molecule is Cc1nc2cccc(C(=O)O)c2n1CCc1ccnn1C. The molecule has 6 nitrogen and oxygen atoms in total. The normalized spacial score (nSPS) is 11.1. The third kappa shape index (κ3) is 2.29. The number of aromatic carboxylic acids is 1. The van der Waals surface area contributed by atoms with Crippen LogP contribution in [0.15, 0.2) is 30.5 Å². The summed E-state index contributed by atoms with van der Waals surface area (Å²) in [5, 5.41) is 13.5. The van der Waals surface area contributed by atoms with Crippen LogP contribution in [0.5, 0.6) is 0 Å². The summed E-state index contributed by atoms with van der Waals surface area (Å²) in [5.41, 5.74) is 2.80. The minimum absolute atomic E-state index is 0.290. The molecular weight excluding hydrogens is 268 g/mol. The fraction of sp³-hybridized carbons (Fsp3) is 0.267. The van der Waals surface area contributed by atoms with E-state index >= 15 is 0 Å². The Morgan fingerprint density at radius 3 is 2.81 bits per heavy atom. The number of fused-ring (bicyclic) bond motifs is 1. The largest absolute Gasteiger partial charge is 0.478 e. The van der Waals surface area contributed by atoms with Crippen LogP contribution in [-0.4, -0.2) is 30.4 Å². The molecule has 1 aromatic carbocycles. The zero-order valence-electron chi connectivity index (χ0n) is 11.9. The first-order valence-corrected chi connectivity index (χ1v) is 6.74. The summed E-state index contributed by atoms with van der Waals surface area (Å²) in [6.07, 6.45) is 2.54. The van der Waals surface area contributed by atoms with Gasteiger partial charge in [-0.3, -0.25) is 4.68 Å². The number of carbonyl (C=O) groups is 1. The number of carboxylic acid groups (broad SMARTS) is 1. The Bertz CT molecular complexity index is 816. The molecule has 0 aliphatic rings. The topological polar surface area (TPSA) is 72.9 Å². The molecule has 0 aliphatic carbocycles. The van der Waals surface area contributed by atoms with Crippen molar-refractivity contribution in [1.29, 1.82) is 0 Å². The average Bonchev–Trinajstić information content (AvgIpc) is 2.99. The molecule has 3 aromatic rings. The van der Waals surface area contributed by atoms with Crippen LogP contribution in [0.2, 0.25) is 0 Å². The van der Waals surface area contributed by atoms with Crippen LogP contribution < -0.4 is 0 Å². The minimum atomic E-state index is -0.928. The van der Waals surface area contributed by atoms with Gasteiger partial charge in [0.1, 0.15) is 5.82 Å². The van der Waals surface area contributed by atoms with E-state index < -0.39 is 5.97 Å². The third-order valence-electron chi connectivity index (χ3n) is 3.70. The number of aromatic nitrogens is 4. The van der Waals surface area contributed by atoms with E-state index in [4.69, 9.17) is 0 Å². The van der Waals surface area contributed by atoms with Crippen molar-refractivity contribution < 1.29 is 9.90 Å². The molecule has 0 atom stereocenters. The Morgan fingerprint density at radius 2 is 2.14 bits per heavy atom. The third-order valence-corrected chi connectivity index (χ3v) is 3.70. The molecule has 1 N–H and O–H groups in total. The number of aryl methyl sites for hydroxylation is 4. The molecular formula is C15H16N4O2. The van der Waals surface area contributed by atoms with Crippen LogP contribution in [0, 0.1) is 6.92 Å². The Hall–Kier alpha value is -2.63. The lowest BCUT2D eigenvalue weighted by Crippen LogP contribution is -2.09. The molecule has 21 heavy (non-hydrogen) atoms. The maximum atomic E-state index is 11.4. The van der Waals surface area contributed by atoms with Crippen LogP contribution in [0.4, 0.5) is 0 Å². The van der Waals surface area contributed by atoms with Gasteiger partial charge in [-0.25, -0.2) is 9.78 Å². The Kier molecular flexibility index (Phi) is 3.21. The number of hydrogen-bond acceptors (Lipinski definition) is 3. The molecule has 0 spiro atoms. The number of rotatable bonds is 4. The van der Waals surface area contributed by atoms with Crippen molar-refractivity contribution in [2.24, 2.45) is 7.05 Å². The minimum Gasteiger partial charge on any atom is -0.478 e. The zero-order valence-corrected chi connectivity index (χ0v) is 11.9. The smallest absolute Gasteiger partial charge is 0.337 e. The van der Waals surface area contributed by atoms with Crippen LogP contribution >= 0.6 is 0 Å². The van der Waals surface area contributed by atoms with Gasteiger partial charge < -0.3 is 9.67 Å². The van der Waals surface area contributed by atoms with Crippen LogP contribution in [-0.2, 0) is 20.0 Å². The van der Waals surface area contributed by atoms with Gasteiger partial charge in [0.05, 0.1) is 16.6 Å². The quantitative estimate of drug-likeness (QED) is 0.795. The maximum Gasteiger partial charge on any atom is 0.337 e. The highest BCUT2D eigenvalue weighted by molar-refractivity contribution is 6.01. The van der Waals surface area contributed by atoms with E-state index in [1.54, 1.807) is 18.3 Å². The first-order valence-electron chi connectivity index (χ1n) is 6.74. The van der Waals surface area contributed by atoms with Crippen LogP contribution in [0.1, 0.15) is 21.9 Å². The van der Waals surface area contributed by atoms with Crippen molar-refractivity contribution >= 4 is 17.0 Å². The summed E-state index contributed by atoms with van der Waals surface area (Å²) in [5.74, 6) is -0.108. The predicted octanol–water partition coefficient (Wildman–Crippen LogP) is 2.02. The molecule has 0 amide bonds. The average molecular weight is 284 g/mol. The predicted molar refractivity (Wildman–Crippen MR) is 78.3 cm³/mol.